The first-order valence-electron chi connectivity index (χ1n) is 6.29. The van der Waals surface area contributed by atoms with Crippen molar-refractivity contribution in [1.82, 2.24) is 5.32 Å². The molecular formula is C13H29N. The summed E-state index contributed by atoms with van der Waals surface area (Å²) in [5.41, 5.74) is 0.504. The number of nitrogens with one attached hydrogen (secondary N) is 1. The molecule has 0 aliphatic heterocycles. The van der Waals surface area contributed by atoms with E-state index in [-0.39, 0.29) is 0 Å². The lowest BCUT2D eigenvalue weighted by atomic mass is 9.73. The second-order valence-corrected chi connectivity index (χ2v) is 5.00. The molecule has 0 aliphatic carbocycles. The predicted molar refractivity (Wildman–Crippen MR) is 65.6 cm³/mol. The van der Waals surface area contributed by atoms with Gasteiger partial charge < -0.3 is 5.32 Å². The second kappa shape index (κ2) is 7.28. The second-order valence-electron chi connectivity index (χ2n) is 5.00. The van der Waals surface area contributed by atoms with Crippen molar-refractivity contribution in [3.8, 4) is 0 Å². The van der Waals surface area contributed by atoms with Gasteiger partial charge in [-0.25, -0.2) is 0 Å². The molecule has 1 heteroatoms. The van der Waals surface area contributed by atoms with Gasteiger partial charge in [-0.2, -0.15) is 0 Å². The molecule has 0 aromatic carbocycles. The van der Waals surface area contributed by atoms with Crippen LogP contribution in [0.25, 0.3) is 0 Å². The van der Waals surface area contributed by atoms with E-state index < -0.39 is 0 Å². The van der Waals surface area contributed by atoms with Crippen LogP contribution in [0.15, 0.2) is 0 Å². The van der Waals surface area contributed by atoms with Crippen molar-refractivity contribution in [3.05, 3.63) is 0 Å². The molecule has 0 heterocycles. The van der Waals surface area contributed by atoms with E-state index in [1.54, 1.807) is 0 Å². The lowest BCUT2D eigenvalue weighted by Gasteiger charge is -2.33. The molecule has 0 aliphatic rings. The SMILES string of the molecule is CCCNCCC(C)(C)C(CC)CC. The smallest absolute Gasteiger partial charge is 0.00437 e. The lowest BCUT2D eigenvalue weighted by Crippen LogP contribution is -2.28. The van der Waals surface area contributed by atoms with E-state index in [0.717, 1.165) is 5.92 Å². The highest BCUT2D eigenvalue weighted by Crippen LogP contribution is 2.34. The summed E-state index contributed by atoms with van der Waals surface area (Å²) in [5.74, 6) is 0.880. The Kier molecular flexibility index (Phi) is 7.26. The molecule has 0 atom stereocenters. The molecule has 0 radical (unpaired) electrons. The molecule has 0 saturated heterocycles. The van der Waals surface area contributed by atoms with Crippen molar-refractivity contribution in [2.24, 2.45) is 11.3 Å². The van der Waals surface area contributed by atoms with Gasteiger partial charge in [-0.1, -0.05) is 47.5 Å². The molecule has 0 aromatic heterocycles. The summed E-state index contributed by atoms with van der Waals surface area (Å²) in [6.45, 7) is 14.0. The van der Waals surface area contributed by atoms with Crippen molar-refractivity contribution in [1.29, 1.82) is 0 Å². The summed E-state index contributed by atoms with van der Waals surface area (Å²) < 4.78 is 0. The highest BCUT2D eigenvalue weighted by atomic mass is 14.8. The zero-order valence-electron chi connectivity index (χ0n) is 10.8. The summed E-state index contributed by atoms with van der Waals surface area (Å²) in [4.78, 5) is 0. The molecule has 0 aromatic rings. The maximum atomic E-state index is 3.49. The summed E-state index contributed by atoms with van der Waals surface area (Å²) in [6, 6.07) is 0. The van der Waals surface area contributed by atoms with Crippen LogP contribution in [0.5, 0.6) is 0 Å². The van der Waals surface area contributed by atoms with Gasteiger partial charge in [-0.15, -0.1) is 0 Å². The minimum absolute atomic E-state index is 0.504. The summed E-state index contributed by atoms with van der Waals surface area (Å²) >= 11 is 0. The molecule has 86 valence electrons. The maximum absolute atomic E-state index is 3.49. The molecule has 0 unspecified atom stereocenters. The maximum Gasteiger partial charge on any atom is -0.00437 e. The van der Waals surface area contributed by atoms with Gasteiger partial charge in [0.25, 0.3) is 0 Å². The van der Waals surface area contributed by atoms with Crippen LogP contribution < -0.4 is 5.32 Å². The quantitative estimate of drug-likeness (QED) is 0.586. The largest absolute Gasteiger partial charge is 0.317 e. The monoisotopic (exact) mass is 199 g/mol. The van der Waals surface area contributed by atoms with Crippen LogP contribution in [0, 0.1) is 11.3 Å². The fourth-order valence-corrected chi connectivity index (χ4v) is 2.31. The number of rotatable bonds is 8. The van der Waals surface area contributed by atoms with E-state index in [0.29, 0.717) is 5.41 Å². The molecule has 0 saturated carbocycles. The average molecular weight is 199 g/mol. The fourth-order valence-electron chi connectivity index (χ4n) is 2.31. The van der Waals surface area contributed by atoms with Crippen molar-refractivity contribution in [2.45, 2.75) is 60.3 Å². The Hall–Kier alpha value is -0.0400. The first-order valence-corrected chi connectivity index (χ1v) is 6.29. The topological polar surface area (TPSA) is 12.0 Å². The average Bonchev–Trinajstić information content (AvgIpc) is 2.14. The summed E-state index contributed by atoms with van der Waals surface area (Å²) in [5, 5.41) is 3.49. The van der Waals surface area contributed by atoms with Crippen LogP contribution in [-0.2, 0) is 0 Å². The zero-order chi connectivity index (χ0) is 11.0. The molecule has 0 rings (SSSR count). The Morgan fingerprint density at radius 2 is 1.57 bits per heavy atom. The summed E-state index contributed by atoms with van der Waals surface area (Å²) in [6.07, 6.45) is 5.18. The van der Waals surface area contributed by atoms with Crippen LogP contribution in [-0.4, -0.2) is 13.1 Å². The van der Waals surface area contributed by atoms with E-state index in [9.17, 15) is 0 Å². The van der Waals surface area contributed by atoms with Gasteiger partial charge in [0.15, 0.2) is 0 Å². The number of hydrogen-bond acceptors (Lipinski definition) is 1. The molecule has 0 spiro atoms. The van der Waals surface area contributed by atoms with E-state index in [4.69, 9.17) is 0 Å². The third-order valence-corrected chi connectivity index (χ3v) is 3.46. The number of hydrogen-bond donors (Lipinski definition) is 1. The van der Waals surface area contributed by atoms with Crippen LogP contribution in [0.3, 0.4) is 0 Å². The van der Waals surface area contributed by atoms with Crippen LogP contribution in [0.1, 0.15) is 60.3 Å². The summed E-state index contributed by atoms with van der Waals surface area (Å²) in [7, 11) is 0. The van der Waals surface area contributed by atoms with Crippen molar-refractivity contribution >= 4 is 0 Å². The highest BCUT2D eigenvalue weighted by molar-refractivity contribution is 4.77. The molecule has 1 N–H and O–H groups in total. The third-order valence-electron chi connectivity index (χ3n) is 3.46. The standard InChI is InChI=1S/C13H29N/c1-6-10-14-11-9-13(4,5)12(7-2)8-3/h12,14H,6-11H2,1-5H3. The van der Waals surface area contributed by atoms with Gasteiger partial charge in [-0.05, 0) is 37.3 Å². The van der Waals surface area contributed by atoms with E-state index in [1.165, 1.54) is 38.8 Å². The Morgan fingerprint density at radius 3 is 2.00 bits per heavy atom. The van der Waals surface area contributed by atoms with E-state index in [1.807, 2.05) is 0 Å². The van der Waals surface area contributed by atoms with Gasteiger partial charge >= 0.3 is 0 Å². The van der Waals surface area contributed by atoms with Gasteiger partial charge in [0.05, 0.1) is 0 Å². The minimum atomic E-state index is 0.504. The lowest BCUT2D eigenvalue weighted by molar-refractivity contribution is 0.181. The van der Waals surface area contributed by atoms with Gasteiger partial charge in [-0.3, -0.25) is 0 Å². The van der Waals surface area contributed by atoms with Crippen molar-refractivity contribution in [3.63, 3.8) is 0 Å². The minimum Gasteiger partial charge on any atom is -0.317 e. The van der Waals surface area contributed by atoms with Crippen molar-refractivity contribution in [2.75, 3.05) is 13.1 Å². The fraction of sp³-hybridized carbons (Fsp3) is 1.00. The van der Waals surface area contributed by atoms with Gasteiger partial charge in [0.1, 0.15) is 0 Å². The van der Waals surface area contributed by atoms with Gasteiger partial charge in [0, 0.05) is 0 Å². The van der Waals surface area contributed by atoms with Crippen molar-refractivity contribution < 1.29 is 0 Å². The first-order chi connectivity index (χ1) is 6.58. The molecule has 0 amide bonds. The van der Waals surface area contributed by atoms with E-state index in [2.05, 4.69) is 39.9 Å². The van der Waals surface area contributed by atoms with Crippen LogP contribution in [0.2, 0.25) is 0 Å². The highest BCUT2D eigenvalue weighted by Gasteiger charge is 2.25. The molecular weight excluding hydrogens is 170 g/mol. The molecule has 14 heavy (non-hydrogen) atoms. The van der Waals surface area contributed by atoms with Crippen LogP contribution >= 0.6 is 0 Å². The van der Waals surface area contributed by atoms with Crippen LogP contribution in [0.4, 0.5) is 0 Å². The molecule has 0 fully saturated rings. The normalized spacial score (nSPS) is 12.4. The molecule has 1 nitrogen and oxygen atoms in total. The van der Waals surface area contributed by atoms with Gasteiger partial charge in [0.2, 0.25) is 0 Å². The van der Waals surface area contributed by atoms with E-state index >= 15 is 0 Å². The Labute approximate surface area is 90.7 Å². The first kappa shape index (κ1) is 14.0. The third kappa shape index (κ3) is 4.99. The Morgan fingerprint density at radius 1 is 1.00 bits per heavy atom. The molecule has 0 bridgehead atoms. The zero-order valence-corrected chi connectivity index (χ0v) is 10.8. The predicted octanol–water partition coefficient (Wildman–Crippen LogP) is 3.84. The Bertz CT molecular complexity index is 125. The Balaban J connectivity index is 3.80.